The molecule has 2 atom stereocenters. The summed E-state index contributed by atoms with van der Waals surface area (Å²) in [6, 6.07) is 3.76. The van der Waals surface area contributed by atoms with E-state index in [1.807, 2.05) is 0 Å². The second-order valence-electron chi connectivity index (χ2n) is 7.62. The predicted octanol–water partition coefficient (Wildman–Crippen LogP) is 1.79. The highest BCUT2D eigenvalue weighted by Gasteiger charge is 2.53. The van der Waals surface area contributed by atoms with E-state index < -0.39 is 41.9 Å². The minimum atomic E-state index is -1.02. The molecular weight excluding hydrogens is 413 g/mol. The lowest BCUT2D eigenvalue weighted by molar-refractivity contribution is -0.146. The molecule has 1 aromatic rings. The Bertz CT molecular complexity index is 865. The van der Waals surface area contributed by atoms with E-state index in [1.165, 1.54) is 17.0 Å². The van der Waals surface area contributed by atoms with Crippen molar-refractivity contribution >= 4 is 35.6 Å². The van der Waals surface area contributed by atoms with Crippen molar-refractivity contribution in [3.05, 3.63) is 35.6 Å². The van der Waals surface area contributed by atoms with Crippen molar-refractivity contribution in [3.8, 4) is 0 Å². The third-order valence-corrected chi connectivity index (χ3v) is 6.14. The second kappa shape index (κ2) is 9.03. The molecule has 3 rings (SSSR count). The Kier molecular flexibility index (Phi) is 6.64. The molecule has 2 heterocycles. The number of carboxylic acid groups (broad SMARTS) is 1. The number of aliphatic carboxylic acids is 1. The molecule has 0 aromatic heterocycles. The Labute approximate surface area is 178 Å². The number of fused-ring (bicyclic) bond motifs is 1. The molecule has 2 aliphatic heterocycles. The molecule has 2 saturated heterocycles. The number of hydrogen-bond acceptors (Lipinski definition) is 5. The van der Waals surface area contributed by atoms with Gasteiger partial charge in [-0.3, -0.25) is 19.3 Å². The number of rotatable bonds is 7. The molecule has 4 amide bonds. The number of likely N-dealkylation sites (tertiary alicyclic amines) is 1. The van der Waals surface area contributed by atoms with Crippen molar-refractivity contribution < 1.29 is 28.7 Å². The van der Waals surface area contributed by atoms with Crippen molar-refractivity contribution in [2.75, 3.05) is 18.1 Å². The zero-order chi connectivity index (χ0) is 22.0. The fraction of sp³-hybridized carbons (Fsp3) is 0.500. The zero-order valence-corrected chi connectivity index (χ0v) is 17.6. The van der Waals surface area contributed by atoms with Crippen LogP contribution in [0.1, 0.15) is 25.8 Å². The summed E-state index contributed by atoms with van der Waals surface area (Å²) in [5.41, 5.74) is 0.599. The van der Waals surface area contributed by atoms with Crippen LogP contribution in [0.5, 0.6) is 0 Å². The van der Waals surface area contributed by atoms with E-state index in [1.54, 1.807) is 30.9 Å². The summed E-state index contributed by atoms with van der Waals surface area (Å²) in [4.78, 5) is 53.7. The van der Waals surface area contributed by atoms with Gasteiger partial charge in [0.05, 0.1) is 17.5 Å². The topological polar surface area (TPSA) is 98.2 Å². The van der Waals surface area contributed by atoms with Gasteiger partial charge in [0, 0.05) is 19.1 Å². The first kappa shape index (κ1) is 22.1. The van der Waals surface area contributed by atoms with Gasteiger partial charge in [-0.05, 0) is 38.0 Å². The summed E-state index contributed by atoms with van der Waals surface area (Å²) >= 11 is 0.972. The Morgan fingerprint density at radius 1 is 1.27 bits per heavy atom. The van der Waals surface area contributed by atoms with Gasteiger partial charge in [0.25, 0.3) is 5.91 Å². The van der Waals surface area contributed by atoms with Gasteiger partial charge in [-0.2, -0.15) is 0 Å². The number of amides is 4. The van der Waals surface area contributed by atoms with Crippen LogP contribution in [0.2, 0.25) is 0 Å². The molecule has 10 heteroatoms. The summed E-state index contributed by atoms with van der Waals surface area (Å²) in [6.45, 7) is 3.87. The van der Waals surface area contributed by atoms with Gasteiger partial charge in [0.15, 0.2) is 0 Å². The quantitative estimate of drug-likeness (QED) is 0.698. The number of thioether (sulfide) groups is 1. The van der Waals surface area contributed by atoms with E-state index in [0.717, 1.165) is 16.7 Å². The van der Waals surface area contributed by atoms with Crippen LogP contribution in [-0.2, 0) is 20.9 Å². The highest BCUT2D eigenvalue weighted by Crippen LogP contribution is 2.33. The van der Waals surface area contributed by atoms with E-state index in [0.29, 0.717) is 18.5 Å². The Balaban J connectivity index is 1.85. The van der Waals surface area contributed by atoms with Gasteiger partial charge in [-0.15, -0.1) is 11.8 Å². The maximum atomic E-state index is 13.6. The SMILES string of the molecule is CC(C)N1C(=O)C2C(CCN2C(=O)CSCC(=O)O)N(Cc2cccc(F)c2)C1=O. The lowest BCUT2D eigenvalue weighted by Crippen LogP contribution is -2.67. The van der Waals surface area contributed by atoms with Crippen LogP contribution < -0.4 is 0 Å². The number of carboxylic acids is 1. The lowest BCUT2D eigenvalue weighted by atomic mass is 10.0. The number of carbonyl (C=O) groups excluding carboxylic acids is 3. The highest BCUT2D eigenvalue weighted by molar-refractivity contribution is 8.00. The molecule has 8 nitrogen and oxygen atoms in total. The summed E-state index contributed by atoms with van der Waals surface area (Å²) in [5, 5.41) is 8.76. The maximum absolute atomic E-state index is 13.6. The summed E-state index contributed by atoms with van der Waals surface area (Å²) in [5.74, 6) is -2.44. The third kappa shape index (κ3) is 4.43. The van der Waals surface area contributed by atoms with E-state index in [-0.39, 0.29) is 24.0 Å². The van der Waals surface area contributed by atoms with E-state index in [4.69, 9.17) is 5.11 Å². The standard InChI is InChI=1S/C20H24FN3O5S/c1-12(2)24-19(28)18-15(6-7-22(18)16(25)10-30-11-17(26)27)23(20(24)29)9-13-4-3-5-14(21)8-13/h3-5,8,12,15,18H,6-7,9-11H2,1-2H3,(H,26,27). The van der Waals surface area contributed by atoms with E-state index in [9.17, 15) is 23.6 Å². The fourth-order valence-corrected chi connectivity index (χ4v) is 4.61. The summed E-state index contributed by atoms with van der Waals surface area (Å²) in [6.07, 6.45) is 0.429. The van der Waals surface area contributed by atoms with Crippen molar-refractivity contribution in [2.24, 2.45) is 0 Å². The van der Waals surface area contributed by atoms with Crippen molar-refractivity contribution in [2.45, 2.75) is 44.9 Å². The molecule has 30 heavy (non-hydrogen) atoms. The zero-order valence-electron chi connectivity index (χ0n) is 16.8. The van der Waals surface area contributed by atoms with Crippen molar-refractivity contribution in [3.63, 3.8) is 0 Å². The van der Waals surface area contributed by atoms with Crippen LogP contribution in [0.25, 0.3) is 0 Å². The lowest BCUT2D eigenvalue weighted by Gasteiger charge is -2.45. The summed E-state index contributed by atoms with van der Waals surface area (Å²) < 4.78 is 13.6. The Hall–Kier alpha value is -2.62. The van der Waals surface area contributed by atoms with Gasteiger partial charge >= 0.3 is 12.0 Å². The molecule has 2 fully saturated rings. The van der Waals surface area contributed by atoms with Crippen LogP contribution in [-0.4, -0.2) is 79.8 Å². The van der Waals surface area contributed by atoms with Crippen molar-refractivity contribution in [1.82, 2.24) is 14.7 Å². The Morgan fingerprint density at radius 2 is 2.00 bits per heavy atom. The number of imide groups is 1. The van der Waals surface area contributed by atoms with Gasteiger partial charge in [0.1, 0.15) is 11.9 Å². The van der Waals surface area contributed by atoms with Gasteiger partial charge in [0.2, 0.25) is 5.91 Å². The predicted molar refractivity (Wildman–Crippen MR) is 108 cm³/mol. The van der Waals surface area contributed by atoms with Crippen LogP contribution in [0.4, 0.5) is 9.18 Å². The smallest absolute Gasteiger partial charge is 0.327 e. The molecule has 1 aromatic carbocycles. The molecule has 2 aliphatic rings. The molecule has 1 N–H and O–H groups in total. The first-order valence-corrected chi connectivity index (χ1v) is 10.8. The van der Waals surface area contributed by atoms with Crippen LogP contribution >= 0.6 is 11.8 Å². The number of hydrogen-bond donors (Lipinski definition) is 1. The number of nitrogens with zero attached hydrogens (tertiary/aromatic N) is 3. The molecule has 0 radical (unpaired) electrons. The minimum absolute atomic E-state index is 0.0533. The molecule has 162 valence electrons. The number of urea groups is 1. The van der Waals surface area contributed by atoms with Crippen molar-refractivity contribution in [1.29, 1.82) is 0 Å². The number of benzene rings is 1. The first-order valence-electron chi connectivity index (χ1n) is 9.67. The number of carbonyl (C=O) groups is 4. The molecule has 0 saturated carbocycles. The van der Waals surface area contributed by atoms with E-state index in [2.05, 4.69) is 0 Å². The Morgan fingerprint density at radius 3 is 2.63 bits per heavy atom. The molecule has 0 aliphatic carbocycles. The molecule has 0 spiro atoms. The van der Waals surface area contributed by atoms with Gasteiger partial charge in [-0.25, -0.2) is 9.18 Å². The summed E-state index contributed by atoms with van der Waals surface area (Å²) in [7, 11) is 0. The third-order valence-electron chi connectivity index (χ3n) is 5.24. The minimum Gasteiger partial charge on any atom is -0.481 e. The van der Waals surface area contributed by atoms with Gasteiger partial charge in [-0.1, -0.05) is 12.1 Å². The average Bonchev–Trinajstić information content (AvgIpc) is 3.10. The fourth-order valence-electron chi connectivity index (χ4n) is 4.00. The average molecular weight is 437 g/mol. The van der Waals surface area contributed by atoms with Crippen LogP contribution in [0, 0.1) is 5.82 Å². The monoisotopic (exact) mass is 437 g/mol. The molecular formula is C20H24FN3O5S. The van der Waals surface area contributed by atoms with E-state index >= 15 is 0 Å². The first-order chi connectivity index (χ1) is 14.2. The molecule has 0 bridgehead atoms. The van der Waals surface area contributed by atoms with Crippen LogP contribution in [0.3, 0.4) is 0 Å². The maximum Gasteiger partial charge on any atom is 0.327 e. The van der Waals surface area contributed by atoms with Crippen LogP contribution in [0.15, 0.2) is 24.3 Å². The number of halogens is 1. The largest absolute Gasteiger partial charge is 0.481 e. The highest BCUT2D eigenvalue weighted by atomic mass is 32.2. The normalized spacial score (nSPS) is 21.4. The second-order valence-corrected chi connectivity index (χ2v) is 8.60. The van der Waals surface area contributed by atoms with Gasteiger partial charge < -0.3 is 14.9 Å². The molecule has 2 unspecified atom stereocenters.